The Morgan fingerprint density at radius 2 is 1.58 bits per heavy atom. The molecule has 0 atom stereocenters. The maximum Gasteiger partial charge on any atom is 0.329 e. The van der Waals surface area contributed by atoms with Crippen molar-refractivity contribution in [1.82, 2.24) is 5.43 Å². The van der Waals surface area contributed by atoms with Crippen molar-refractivity contribution in [2.24, 2.45) is 5.10 Å². The Morgan fingerprint density at radius 3 is 2.27 bits per heavy atom. The van der Waals surface area contributed by atoms with E-state index in [1.54, 1.807) is 42.5 Å². The molecule has 8 heteroatoms. The number of anilines is 1. The van der Waals surface area contributed by atoms with Crippen LogP contribution in [0.25, 0.3) is 0 Å². The van der Waals surface area contributed by atoms with Gasteiger partial charge in [-0.15, -0.1) is 0 Å². The van der Waals surface area contributed by atoms with Crippen LogP contribution < -0.4 is 25.0 Å². The molecule has 2 N–H and O–H groups in total. The Morgan fingerprint density at radius 1 is 0.885 bits per heavy atom. The smallest absolute Gasteiger partial charge is 0.329 e. The van der Waals surface area contributed by atoms with Crippen LogP contribution in [0.1, 0.15) is 5.56 Å². The van der Waals surface area contributed by atoms with E-state index in [9.17, 15) is 9.59 Å². The number of ether oxygens (including phenoxy) is 3. The molecule has 2 aromatic rings. The summed E-state index contributed by atoms with van der Waals surface area (Å²) in [6.07, 6.45) is 1.36. The summed E-state index contributed by atoms with van der Waals surface area (Å²) in [5.41, 5.74) is 3.12. The Hall–Kier alpha value is -3.55. The fraction of sp³-hybridized carbons (Fsp3) is 0.167. The van der Waals surface area contributed by atoms with Crippen molar-refractivity contribution in [2.75, 3.05) is 26.6 Å². The van der Waals surface area contributed by atoms with Crippen LogP contribution >= 0.6 is 0 Å². The van der Waals surface area contributed by atoms with E-state index < -0.39 is 11.8 Å². The van der Waals surface area contributed by atoms with Crippen LogP contribution in [0, 0.1) is 0 Å². The average Bonchev–Trinajstić information content (AvgIpc) is 2.67. The molecule has 0 unspecified atom stereocenters. The third-order valence-corrected chi connectivity index (χ3v) is 3.36. The summed E-state index contributed by atoms with van der Waals surface area (Å²) in [6.45, 7) is 0. The minimum atomic E-state index is -0.922. The molecule has 0 aliphatic rings. The third kappa shape index (κ3) is 4.50. The van der Waals surface area contributed by atoms with Crippen LogP contribution in [0.2, 0.25) is 0 Å². The molecule has 0 fully saturated rings. The lowest BCUT2D eigenvalue weighted by molar-refractivity contribution is -0.136. The van der Waals surface area contributed by atoms with E-state index in [1.165, 1.54) is 27.5 Å². The highest BCUT2D eigenvalue weighted by Gasteiger charge is 2.15. The van der Waals surface area contributed by atoms with Gasteiger partial charge in [0.15, 0.2) is 11.5 Å². The first-order chi connectivity index (χ1) is 12.6. The molecule has 0 saturated heterocycles. The van der Waals surface area contributed by atoms with Crippen LogP contribution in [0.15, 0.2) is 47.6 Å². The van der Waals surface area contributed by atoms with Crippen LogP contribution in [-0.4, -0.2) is 39.4 Å². The number of nitrogens with zero attached hydrogens (tertiary/aromatic N) is 1. The van der Waals surface area contributed by atoms with Gasteiger partial charge in [0.05, 0.1) is 33.2 Å². The quantitative estimate of drug-likeness (QED) is 0.467. The molecule has 0 radical (unpaired) electrons. The highest BCUT2D eigenvalue weighted by atomic mass is 16.5. The van der Waals surface area contributed by atoms with Crippen molar-refractivity contribution in [1.29, 1.82) is 0 Å². The summed E-state index contributed by atoms with van der Waals surface area (Å²) in [5, 5.41) is 6.23. The van der Waals surface area contributed by atoms with E-state index in [0.717, 1.165) is 0 Å². The van der Waals surface area contributed by atoms with Gasteiger partial charge in [0.2, 0.25) is 0 Å². The fourth-order valence-corrected chi connectivity index (χ4v) is 2.15. The zero-order valence-corrected chi connectivity index (χ0v) is 14.6. The number of carbonyl (C=O) groups is 2. The van der Waals surface area contributed by atoms with E-state index in [-0.39, 0.29) is 0 Å². The van der Waals surface area contributed by atoms with Crippen molar-refractivity contribution in [3.8, 4) is 17.2 Å². The second-order valence-corrected chi connectivity index (χ2v) is 4.94. The van der Waals surface area contributed by atoms with Crippen LogP contribution in [-0.2, 0) is 9.59 Å². The lowest BCUT2D eigenvalue weighted by Crippen LogP contribution is -2.32. The van der Waals surface area contributed by atoms with Gasteiger partial charge in [-0.3, -0.25) is 9.59 Å². The molecule has 0 heterocycles. The number of nitrogens with one attached hydrogen (secondary N) is 2. The molecule has 8 nitrogen and oxygen atoms in total. The molecule has 136 valence electrons. The second-order valence-electron chi connectivity index (χ2n) is 4.94. The van der Waals surface area contributed by atoms with E-state index in [4.69, 9.17) is 14.2 Å². The van der Waals surface area contributed by atoms with Gasteiger partial charge in [0.1, 0.15) is 5.75 Å². The molecule has 0 saturated carbocycles. The minimum absolute atomic E-state index is 0.383. The molecular formula is C18H19N3O5. The number of carbonyl (C=O) groups excluding carboxylic acids is 2. The fourth-order valence-electron chi connectivity index (χ4n) is 2.15. The summed E-state index contributed by atoms with van der Waals surface area (Å²) in [6, 6.07) is 12.0. The van der Waals surface area contributed by atoms with E-state index in [1.807, 2.05) is 0 Å². The number of para-hydroxylation sites is 3. The van der Waals surface area contributed by atoms with Gasteiger partial charge in [-0.25, -0.2) is 5.43 Å². The number of hydrazone groups is 1. The number of hydrogen-bond donors (Lipinski definition) is 2. The first-order valence-electron chi connectivity index (χ1n) is 7.59. The first kappa shape index (κ1) is 18.8. The van der Waals surface area contributed by atoms with Gasteiger partial charge in [-0.2, -0.15) is 5.10 Å². The van der Waals surface area contributed by atoms with Crippen molar-refractivity contribution in [3.63, 3.8) is 0 Å². The van der Waals surface area contributed by atoms with Gasteiger partial charge in [-0.05, 0) is 24.3 Å². The molecule has 0 aliphatic carbocycles. The molecule has 2 aromatic carbocycles. The van der Waals surface area contributed by atoms with Crippen molar-refractivity contribution in [3.05, 3.63) is 48.0 Å². The van der Waals surface area contributed by atoms with Crippen LogP contribution in [0.3, 0.4) is 0 Å². The number of amides is 2. The topological polar surface area (TPSA) is 98.2 Å². The van der Waals surface area contributed by atoms with Gasteiger partial charge in [0.25, 0.3) is 0 Å². The van der Waals surface area contributed by atoms with Gasteiger partial charge in [-0.1, -0.05) is 18.2 Å². The summed E-state index contributed by atoms with van der Waals surface area (Å²) in [7, 11) is 4.48. The summed E-state index contributed by atoms with van der Waals surface area (Å²) < 4.78 is 15.5. The summed E-state index contributed by atoms with van der Waals surface area (Å²) >= 11 is 0. The van der Waals surface area contributed by atoms with Gasteiger partial charge < -0.3 is 19.5 Å². The van der Waals surface area contributed by atoms with Crippen molar-refractivity contribution in [2.45, 2.75) is 0 Å². The molecule has 0 aliphatic heterocycles. The summed E-state index contributed by atoms with van der Waals surface area (Å²) in [5.74, 6) is -0.361. The summed E-state index contributed by atoms with van der Waals surface area (Å²) in [4.78, 5) is 23.8. The maximum absolute atomic E-state index is 11.9. The standard InChI is InChI=1S/C18H19N3O5/c1-24-14-9-5-4-8-13(14)20-17(22)18(23)21-19-11-12-7-6-10-15(25-2)16(12)26-3/h4-11H,1-3H3,(H,20,22)(H,21,23). The molecule has 0 bridgehead atoms. The van der Waals surface area contributed by atoms with E-state index >= 15 is 0 Å². The minimum Gasteiger partial charge on any atom is -0.495 e. The van der Waals surface area contributed by atoms with E-state index in [0.29, 0.717) is 28.5 Å². The normalized spacial score (nSPS) is 10.3. The average molecular weight is 357 g/mol. The Kier molecular flexibility index (Phi) is 6.55. The van der Waals surface area contributed by atoms with Crippen LogP contribution in [0.5, 0.6) is 17.2 Å². The monoisotopic (exact) mass is 357 g/mol. The van der Waals surface area contributed by atoms with Gasteiger partial charge in [0, 0.05) is 5.56 Å². The van der Waals surface area contributed by atoms with Crippen LogP contribution in [0.4, 0.5) is 5.69 Å². The number of rotatable bonds is 6. The Bertz CT molecular complexity index is 820. The zero-order chi connectivity index (χ0) is 18.9. The predicted octanol–water partition coefficient (Wildman–Crippen LogP) is 1.80. The Labute approximate surface area is 150 Å². The SMILES string of the molecule is COc1ccccc1NC(=O)C(=O)NN=Cc1cccc(OC)c1OC. The maximum atomic E-state index is 11.9. The van der Waals surface area contributed by atoms with Crippen molar-refractivity contribution < 1.29 is 23.8 Å². The first-order valence-corrected chi connectivity index (χ1v) is 7.59. The number of hydrogen-bond acceptors (Lipinski definition) is 6. The Balaban J connectivity index is 2.02. The third-order valence-electron chi connectivity index (χ3n) is 3.36. The lowest BCUT2D eigenvalue weighted by Gasteiger charge is -2.10. The number of benzene rings is 2. The van der Waals surface area contributed by atoms with E-state index in [2.05, 4.69) is 15.8 Å². The molecule has 26 heavy (non-hydrogen) atoms. The lowest BCUT2D eigenvalue weighted by atomic mass is 10.2. The number of methoxy groups -OCH3 is 3. The molecule has 0 spiro atoms. The predicted molar refractivity (Wildman–Crippen MR) is 96.9 cm³/mol. The largest absolute Gasteiger partial charge is 0.495 e. The molecule has 0 aromatic heterocycles. The molecular weight excluding hydrogens is 338 g/mol. The highest BCUT2D eigenvalue weighted by molar-refractivity contribution is 6.39. The molecule has 2 rings (SSSR count). The molecule has 2 amide bonds. The van der Waals surface area contributed by atoms with Gasteiger partial charge >= 0.3 is 11.8 Å². The highest BCUT2D eigenvalue weighted by Crippen LogP contribution is 2.29. The van der Waals surface area contributed by atoms with Crippen molar-refractivity contribution >= 4 is 23.7 Å². The second kappa shape index (κ2) is 9.07. The zero-order valence-electron chi connectivity index (χ0n) is 14.6.